The van der Waals surface area contributed by atoms with Gasteiger partial charge in [-0.1, -0.05) is 25.1 Å². The Labute approximate surface area is 123 Å². The summed E-state index contributed by atoms with van der Waals surface area (Å²) in [5.74, 6) is 0.538. The third kappa shape index (κ3) is 2.99. The van der Waals surface area contributed by atoms with Crippen molar-refractivity contribution in [2.75, 3.05) is 19.9 Å². The Bertz CT molecular complexity index is 636. The normalized spacial score (nSPS) is 10.4. The van der Waals surface area contributed by atoms with E-state index in [1.165, 1.54) is 0 Å². The molecule has 0 fully saturated rings. The SMILES string of the molecule is CCc1[nH]nc(C(=O)N(C)Cc2ccccc2OC)c1N. The molecule has 2 aromatic rings. The second-order valence-corrected chi connectivity index (χ2v) is 4.79. The van der Waals surface area contributed by atoms with Crippen molar-refractivity contribution in [3.63, 3.8) is 0 Å². The molecule has 3 N–H and O–H groups in total. The predicted octanol–water partition coefficient (Wildman–Crippen LogP) is 1.84. The van der Waals surface area contributed by atoms with Gasteiger partial charge in [-0.3, -0.25) is 9.89 Å². The number of benzene rings is 1. The molecule has 1 aromatic heterocycles. The van der Waals surface area contributed by atoms with Crippen LogP contribution in [0.3, 0.4) is 0 Å². The smallest absolute Gasteiger partial charge is 0.276 e. The number of nitrogens with one attached hydrogen (secondary N) is 1. The number of hydrogen-bond donors (Lipinski definition) is 2. The molecule has 0 bridgehead atoms. The third-order valence-corrected chi connectivity index (χ3v) is 3.39. The number of nitrogen functional groups attached to an aromatic ring is 1. The van der Waals surface area contributed by atoms with E-state index in [1.54, 1.807) is 19.1 Å². The minimum atomic E-state index is -0.214. The highest BCUT2D eigenvalue weighted by Crippen LogP contribution is 2.21. The highest BCUT2D eigenvalue weighted by molar-refractivity contribution is 5.97. The van der Waals surface area contributed by atoms with Crippen molar-refractivity contribution in [1.82, 2.24) is 15.1 Å². The van der Waals surface area contributed by atoms with Crippen LogP contribution in [0, 0.1) is 0 Å². The van der Waals surface area contributed by atoms with Gasteiger partial charge >= 0.3 is 0 Å². The van der Waals surface area contributed by atoms with Crippen molar-refractivity contribution in [3.8, 4) is 5.75 Å². The molecule has 21 heavy (non-hydrogen) atoms. The molecular weight excluding hydrogens is 268 g/mol. The van der Waals surface area contributed by atoms with Crippen LogP contribution in [0.1, 0.15) is 28.7 Å². The van der Waals surface area contributed by atoms with Gasteiger partial charge in [-0.05, 0) is 12.5 Å². The van der Waals surface area contributed by atoms with Crippen LogP contribution in [0.2, 0.25) is 0 Å². The first-order chi connectivity index (χ1) is 10.1. The van der Waals surface area contributed by atoms with Crippen molar-refractivity contribution in [1.29, 1.82) is 0 Å². The van der Waals surface area contributed by atoms with Gasteiger partial charge in [0.05, 0.1) is 18.5 Å². The van der Waals surface area contributed by atoms with E-state index >= 15 is 0 Å². The number of amides is 1. The Morgan fingerprint density at radius 2 is 2.14 bits per heavy atom. The summed E-state index contributed by atoms with van der Waals surface area (Å²) in [6, 6.07) is 7.59. The molecule has 6 heteroatoms. The fourth-order valence-electron chi connectivity index (χ4n) is 2.16. The molecule has 1 heterocycles. The third-order valence-electron chi connectivity index (χ3n) is 3.39. The maximum Gasteiger partial charge on any atom is 0.276 e. The maximum absolute atomic E-state index is 12.4. The molecule has 0 unspecified atom stereocenters. The number of ether oxygens (including phenoxy) is 1. The Morgan fingerprint density at radius 1 is 1.43 bits per heavy atom. The number of nitrogens with zero attached hydrogens (tertiary/aromatic N) is 2. The summed E-state index contributed by atoms with van der Waals surface area (Å²) in [7, 11) is 3.33. The number of aromatic amines is 1. The number of H-pyrrole nitrogens is 1. The monoisotopic (exact) mass is 288 g/mol. The fourth-order valence-corrected chi connectivity index (χ4v) is 2.16. The summed E-state index contributed by atoms with van der Waals surface area (Å²) in [4.78, 5) is 14.0. The molecule has 112 valence electrons. The van der Waals surface area contributed by atoms with E-state index < -0.39 is 0 Å². The molecule has 1 amide bonds. The van der Waals surface area contributed by atoms with Crippen LogP contribution in [-0.2, 0) is 13.0 Å². The van der Waals surface area contributed by atoms with Crippen molar-refractivity contribution >= 4 is 11.6 Å². The molecule has 0 aliphatic rings. The van der Waals surface area contributed by atoms with Gasteiger partial charge < -0.3 is 15.4 Å². The van der Waals surface area contributed by atoms with Crippen LogP contribution in [0.25, 0.3) is 0 Å². The molecule has 0 saturated carbocycles. The van der Waals surface area contributed by atoms with Crippen molar-refractivity contribution in [2.24, 2.45) is 0 Å². The Morgan fingerprint density at radius 3 is 2.76 bits per heavy atom. The van der Waals surface area contributed by atoms with E-state index in [0.29, 0.717) is 18.7 Å². The summed E-state index contributed by atoms with van der Waals surface area (Å²) < 4.78 is 5.29. The summed E-state index contributed by atoms with van der Waals surface area (Å²) in [6.45, 7) is 2.38. The lowest BCUT2D eigenvalue weighted by Gasteiger charge is -2.18. The summed E-state index contributed by atoms with van der Waals surface area (Å²) in [5.41, 5.74) is 8.34. The van der Waals surface area contributed by atoms with Crippen LogP contribution in [-0.4, -0.2) is 35.2 Å². The standard InChI is InChI=1S/C15H20N4O2/c1-4-11-13(16)14(18-17-11)15(20)19(2)9-10-7-5-6-8-12(10)21-3/h5-8H,4,9,16H2,1-3H3,(H,17,18). The molecule has 0 radical (unpaired) electrons. The number of para-hydroxylation sites is 1. The van der Waals surface area contributed by atoms with E-state index in [9.17, 15) is 4.79 Å². The molecule has 0 aliphatic heterocycles. The number of nitrogens with two attached hydrogens (primary N) is 1. The summed E-state index contributed by atoms with van der Waals surface area (Å²) >= 11 is 0. The van der Waals surface area contributed by atoms with Crippen LogP contribution < -0.4 is 10.5 Å². The second-order valence-electron chi connectivity index (χ2n) is 4.79. The van der Waals surface area contributed by atoms with Gasteiger partial charge in [0.1, 0.15) is 5.75 Å². The van der Waals surface area contributed by atoms with Gasteiger partial charge in [0.2, 0.25) is 0 Å². The van der Waals surface area contributed by atoms with Gasteiger partial charge in [-0.15, -0.1) is 0 Å². The highest BCUT2D eigenvalue weighted by Gasteiger charge is 2.20. The predicted molar refractivity (Wildman–Crippen MR) is 81.2 cm³/mol. The minimum absolute atomic E-state index is 0.214. The maximum atomic E-state index is 12.4. The number of carbonyl (C=O) groups is 1. The molecule has 1 aromatic carbocycles. The average Bonchev–Trinajstić information content (AvgIpc) is 2.87. The lowest BCUT2D eigenvalue weighted by Crippen LogP contribution is -2.27. The van der Waals surface area contributed by atoms with E-state index in [4.69, 9.17) is 10.5 Å². The molecular formula is C15H20N4O2. The van der Waals surface area contributed by atoms with Crippen LogP contribution >= 0.6 is 0 Å². The second kappa shape index (κ2) is 6.30. The van der Waals surface area contributed by atoms with E-state index in [2.05, 4.69) is 10.2 Å². The molecule has 0 atom stereocenters. The Kier molecular flexibility index (Phi) is 4.47. The topological polar surface area (TPSA) is 84.2 Å². The average molecular weight is 288 g/mol. The summed E-state index contributed by atoms with van der Waals surface area (Å²) in [5, 5.41) is 6.82. The first-order valence-electron chi connectivity index (χ1n) is 6.78. The number of hydrogen-bond acceptors (Lipinski definition) is 4. The number of anilines is 1. The van der Waals surface area contributed by atoms with E-state index in [-0.39, 0.29) is 11.6 Å². The van der Waals surface area contributed by atoms with Crippen molar-refractivity contribution in [2.45, 2.75) is 19.9 Å². The van der Waals surface area contributed by atoms with Gasteiger partial charge in [0.25, 0.3) is 5.91 Å². The number of rotatable bonds is 5. The minimum Gasteiger partial charge on any atom is -0.496 e. The molecule has 0 aliphatic carbocycles. The number of carbonyl (C=O) groups excluding carboxylic acids is 1. The number of aromatic nitrogens is 2. The zero-order chi connectivity index (χ0) is 15.4. The lowest BCUT2D eigenvalue weighted by atomic mass is 10.1. The van der Waals surface area contributed by atoms with Gasteiger partial charge in [-0.2, -0.15) is 5.10 Å². The number of methoxy groups -OCH3 is 1. The molecule has 0 saturated heterocycles. The van der Waals surface area contributed by atoms with E-state index in [1.807, 2.05) is 31.2 Å². The van der Waals surface area contributed by atoms with Crippen molar-refractivity contribution < 1.29 is 9.53 Å². The molecule has 6 nitrogen and oxygen atoms in total. The quantitative estimate of drug-likeness (QED) is 0.879. The molecule has 0 spiro atoms. The van der Waals surface area contributed by atoms with Gasteiger partial charge in [-0.25, -0.2) is 0 Å². The van der Waals surface area contributed by atoms with Crippen LogP contribution in [0.15, 0.2) is 24.3 Å². The summed E-state index contributed by atoms with van der Waals surface area (Å²) in [6.07, 6.45) is 0.711. The van der Waals surface area contributed by atoms with Gasteiger partial charge in [0, 0.05) is 19.2 Å². The fraction of sp³-hybridized carbons (Fsp3) is 0.333. The zero-order valence-electron chi connectivity index (χ0n) is 12.5. The van der Waals surface area contributed by atoms with Crippen molar-refractivity contribution in [3.05, 3.63) is 41.2 Å². The van der Waals surface area contributed by atoms with Crippen LogP contribution in [0.5, 0.6) is 5.75 Å². The zero-order valence-corrected chi connectivity index (χ0v) is 12.5. The largest absolute Gasteiger partial charge is 0.496 e. The number of aryl methyl sites for hydroxylation is 1. The highest BCUT2D eigenvalue weighted by atomic mass is 16.5. The first-order valence-corrected chi connectivity index (χ1v) is 6.78. The first kappa shape index (κ1) is 14.9. The Hall–Kier alpha value is -2.50. The van der Waals surface area contributed by atoms with Gasteiger partial charge in [0.15, 0.2) is 5.69 Å². The molecule has 2 rings (SSSR count). The van der Waals surface area contributed by atoms with E-state index in [0.717, 1.165) is 17.0 Å². The Balaban J connectivity index is 2.17. The lowest BCUT2D eigenvalue weighted by molar-refractivity contribution is 0.0779. The van der Waals surface area contributed by atoms with Crippen LogP contribution in [0.4, 0.5) is 5.69 Å².